The highest BCUT2D eigenvalue weighted by Crippen LogP contribution is 2.23. The summed E-state index contributed by atoms with van der Waals surface area (Å²) in [6.07, 6.45) is 7.67. The van der Waals surface area contributed by atoms with Crippen molar-refractivity contribution in [2.24, 2.45) is 5.92 Å². The Kier molecular flexibility index (Phi) is 7.26. The molecule has 0 spiro atoms. The van der Waals surface area contributed by atoms with Crippen LogP contribution in [0, 0.1) is 5.92 Å². The fourth-order valence-corrected chi connectivity index (χ4v) is 3.07. The molecule has 0 bridgehead atoms. The van der Waals surface area contributed by atoms with E-state index in [2.05, 4.69) is 122 Å². The molecular formula is C27H29N. The summed E-state index contributed by atoms with van der Waals surface area (Å²) >= 11 is 0. The molecule has 0 amide bonds. The van der Waals surface area contributed by atoms with Crippen molar-refractivity contribution in [2.45, 2.75) is 20.3 Å². The topological polar surface area (TPSA) is 12.0 Å². The molecule has 0 aliphatic heterocycles. The highest BCUT2D eigenvalue weighted by molar-refractivity contribution is 5.81. The van der Waals surface area contributed by atoms with Crippen LogP contribution in [0.4, 0.5) is 5.69 Å². The summed E-state index contributed by atoms with van der Waals surface area (Å²) in [6.45, 7) is 5.53. The zero-order valence-electron chi connectivity index (χ0n) is 16.8. The van der Waals surface area contributed by atoms with E-state index >= 15 is 0 Å². The Balaban J connectivity index is 1.73. The second-order valence-corrected chi connectivity index (χ2v) is 7.40. The average Bonchev–Trinajstić information content (AvgIpc) is 2.73. The molecule has 0 unspecified atom stereocenters. The molecule has 0 heterocycles. The molecule has 0 fully saturated rings. The van der Waals surface area contributed by atoms with Crippen molar-refractivity contribution in [3.63, 3.8) is 0 Å². The van der Waals surface area contributed by atoms with Gasteiger partial charge in [-0.15, -0.1) is 0 Å². The Morgan fingerprint density at radius 3 is 1.89 bits per heavy atom. The van der Waals surface area contributed by atoms with Crippen molar-refractivity contribution in [1.82, 2.24) is 0 Å². The maximum Gasteiger partial charge on any atom is 0.0340 e. The molecule has 0 aromatic heterocycles. The Hall–Kier alpha value is -3.06. The van der Waals surface area contributed by atoms with Crippen molar-refractivity contribution in [1.29, 1.82) is 0 Å². The lowest BCUT2D eigenvalue weighted by Crippen LogP contribution is -2.04. The Labute approximate surface area is 169 Å². The fourth-order valence-electron chi connectivity index (χ4n) is 3.07. The number of anilines is 1. The normalized spacial score (nSPS) is 11.0. The molecule has 3 rings (SSSR count). The van der Waals surface area contributed by atoms with Gasteiger partial charge in [0.2, 0.25) is 0 Å². The lowest BCUT2D eigenvalue weighted by Gasteiger charge is -2.08. The van der Waals surface area contributed by atoms with Gasteiger partial charge in [-0.05, 0) is 46.7 Å². The van der Waals surface area contributed by atoms with Gasteiger partial charge in [0, 0.05) is 12.2 Å². The molecule has 1 heteroatoms. The van der Waals surface area contributed by atoms with Gasteiger partial charge in [-0.2, -0.15) is 0 Å². The summed E-state index contributed by atoms with van der Waals surface area (Å²) < 4.78 is 0. The summed E-state index contributed by atoms with van der Waals surface area (Å²) in [6, 6.07) is 29.7. The van der Waals surface area contributed by atoms with E-state index in [1.807, 2.05) is 0 Å². The van der Waals surface area contributed by atoms with Crippen LogP contribution in [0.1, 0.15) is 37.0 Å². The van der Waals surface area contributed by atoms with Crippen LogP contribution in [0.5, 0.6) is 0 Å². The predicted octanol–water partition coefficient (Wildman–Crippen LogP) is 7.29. The lowest BCUT2D eigenvalue weighted by molar-refractivity contribution is 0.607. The molecule has 0 aliphatic rings. The molecule has 0 saturated carbocycles. The van der Waals surface area contributed by atoms with Crippen molar-refractivity contribution in [3.8, 4) is 0 Å². The molecule has 1 N–H and O–H groups in total. The Morgan fingerprint density at radius 2 is 1.36 bits per heavy atom. The first-order chi connectivity index (χ1) is 13.7. The molecule has 1 nitrogen and oxygen atoms in total. The van der Waals surface area contributed by atoms with E-state index in [9.17, 15) is 0 Å². The van der Waals surface area contributed by atoms with Gasteiger partial charge >= 0.3 is 0 Å². The number of rotatable bonds is 8. The summed E-state index contributed by atoms with van der Waals surface area (Å²) in [4.78, 5) is 0. The van der Waals surface area contributed by atoms with Gasteiger partial charge in [-0.25, -0.2) is 0 Å². The van der Waals surface area contributed by atoms with Crippen molar-refractivity contribution < 1.29 is 0 Å². The predicted molar refractivity (Wildman–Crippen MR) is 123 cm³/mol. The zero-order valence-corrected chi connectivity index (χ0v) is 16.8. The maximum atomic E-state index is 3.48. The van der Waals surface area contributed by atoms with E-state index in [1.165, 1.54) is 34.4 Å². The van der Waals surface area contributed by atoms with E-state index in [0.29, 0.717) is 0 Å². The first-order valence-corrected chi connectivity index (χ1v) is 10.1. The first kappa shape index (κ1) is 19.7. The van der Waals surface area contributed by atoms with Gasteiger partial charge in [0.1, 0.15) is 0 Å². The van der Waals surface area contributed by atoms with Crippen LogP contribution in [0.2, 0.25) is 0 Å². The highest BCUT2D eigenvalue weighted by Gasteiger charge is 2.02. The zero-order chi connectivity index (χ0) is 19.6. The second-order valence-electron chi connectivity index (χ2n) is 7.40. The number of hydrogen-bond acceptors (Lipinski definition) is 1. The van der Waals surface area contributed by atoms with Crippen LogP contribution in [0.15, 0.2) is 97.1 Å². The minimum atomic E-state index is 0.727. The first-order valence-electron chi connectivity index (χ1n) is 10.1. The molecule has 142 valence electrons. The molecule has 3 aromatic carbocycles. The number of allylic oxidation sites excluding steroid dienone is 2. The van der Waals surface area contributed by atoms with Gasteiger partial charge in [-0.3, -0.25) is 0 Å². The third-order valence-corrected chi connectivity index (χ3v) is 4.68. The van der Waals surface area contributed by atoms with Gasteiger partial charge < -0.3 is 5.32 Å². The van der Waals surface area contributed by atoms with Crippen molar-refractivity contribution >= 4 is 17.3 Å². The third kappa shape index (κ3) is 5.99. The second kappa shape index (κ2) is 10.3. The van der Waals surface area contributed by atoms with Crippen LogP contribution in [-0.2, 0) is 0 Å². The molecular weight excluding hydrogens is 338 g/mol. The molecule has 0 saturated heterocycles. The number of hydrogen-bond donors (Lipinski definition) is 1. The molecule has 3 aromatic rings. The number of benzene rings is 3. The molecule has 28 heavy (non-hydrogen) atoms. The van der Waals surface area contributed by atoms with Crippen LogP contribution in [0.3, 0.4) is 0 Å². The van der Waals surface area contributed by atoms with Crippen LogP contribution >= 0.6 is 0 Å². The molecule has 0 aliphatic carbocycles. The standard InChI is InChI=1S/C27H29N/c1-22(2)20-21-28-26-18-16-23(17-19-26)10-9-15-27(24-11-5-3-6-12-24)25-13-7-4-8-14-25/h3-19,22,28H,20-21H2,1-2H3. The van der Waals surface area contributed by atoms with E-state index in [4.69, 9.17) is 0 Å². The molecule has 0 radical (unpaired) electrons. The summed E-state index contributed by atoms with van der Waals surface area (Å²) in [5, 5.41) is 3.48. The van der Waals surface area contributed by atoms with Crippen LogP contribution in [0.25, 0.3) is 11.6 Å². The van der Waals surface area contributed by atoms with Crippen molar-refractivity contribution in [3.05, 3.63) is 114 Å². The maximum absolute atomic E-state index is 3.48. The van der Waals surface area contributed by atoms with Gasteiger partial charge in [0.15, 0.2) is 0 Å². The fraction of sp³-hybridized carbons (Fsp3) is 0.185. The average molecular weight is 368 g/mol. The third-order valence-electron chi connectivity index (χ3n) is 4.68. The highest BCUT2D eigenvalue weighted by atomic mass is 14.9. The van der Waals surface area contributed by atoms with Gasteiger partial charge in [0.25, 0.3) is 0 Å². The lowest BCUT2D eigenvalue weighted by atomic mass is 9.97. The Bertz CT molecular complexity index is 847. The quantitative estimate of drug-likeness (QED) is 0.412. The minimum Gasteiger partial charge on any atom is -0.385 e. The van der Waals surface area contributed by atoms with Crippen LogP contribution in [-0.4, -0.2) is 6.54 Å². The SMILES string of the molecule is CC(C)CCNc1ccc(C=CC=C(c2ccccc2)c2ccccc2)cc1. The summed E-state index contributed by atoms with van der Waals surface area (Å²) in [7, 11) is 0. The van der Waals surface area contributed by atoms with Crippen LogP contribution < -0.4 is 5.32 Å². The van der Waals surface area contributed by atoms with Gasteiger partial charge in [0.05, 0.1) is 0 Å². The minimum absolute atomic E-state index is 0.727. The number of nitrogens with one attached hydrogen (secondary N) is 1. The smallest absolute Gasteiger partial charge is 0.0340 e. The van der Waals surface area contributed by atoms with Crippen molar-refractivity contribution in [2.75, 3.05) is 11.9 Å². The Morgan fingerprint density at radius 1 is 0.786 bits per heavy atom. The summed E-state index contributed by atoms with van der Waals surface area (Å²) in [5.74, 6) is 0.727. The molecule has 0 atom stereocenters. The van der Waals surface area contributed by atoms with E-state index in [0.717, 1.165) is 12.5 Å². The largest absolute Gasteiger partial charge is 0.385 e. The van der Waals surface area contributed by atoms with E-state index in [-0.39, 0.29) is 0 Å². The summed E-state index contributed by atoms with van der Waals surface area (Å²) in [5.41, 5.74) is 6.06. The monoisotopic (exact) mass is 367 g/mol. The van der Waals surface area contributed by atoms with E-state index in [1.54, 1.807) is 0 Å². The van der Waals surface area contributed by atoms with Gasteiger partial charge in [-0.1, -0.05) is 105 Å². The van der Waals surface area contributed by atoms with E-state index < -0.39 is 0 Å².